The Bertz CT molecular complexity index is 64.7. The molecular formula is C2H2AlF2O2. The summed E-state index contributed by atoms with van der Waals surface area (Å²) in [6.45, 7) is 0. The van der Waals surface area contributed by atoms with E-state index in [9.17, 15) is 8.78 Å². The molecule has 0 amide bonds. The largest absolute Gasteiger partial charge is 0.477 e. The molecule has 0 heterocycles. The van der Waals surface area contributed by atoms with Crippen LogP contribution in [0.2, 0.25) is 0 Å². The minimum absolute atomic E-state index is 0. The lowest BCUT2D eigenvalue weighted by Crippen LogP contribution is -2.06. The van der Waals surface area contributed by atoms with E-state index in [4.69, 9.17) is 9.90 Å². The van der Waals surface area contributed by atoms with E-state index in [0.29, 0.717) is 0 Å². The molecule has 0 rings (SSSR count). The SMILES string of the molecule is O=C(O)C(F)F.[Al]. The molecule has 0 bridgehead atoms. The first-order valence-electron chi connectivity index (χ1n) is 1.15. The second-order valence-electron chi connectivity index (χ2n) is 0.639. The number of aliphatic carboxylic acids is 1. The topological polar surface area (TPSA) is 37.3 Å². The van der Waals surface area contributed by atoms with Crippen molar-refractivity contribution in [3.8, 4) is 0 Å². The van der Waals surface area contributed by atoms with Crippen LogP contribution in [-0.4, -0.2) is 34.9 Å². The first kappa shape index (κ1) is 9.98. The minimum Gasteiger partial charge on any atom is -0.477 e. The minimum atomic E-state index is -3.23. The smallest absolute Gasteiger partial charge is 0.371 e. The van der Waals surface area contributed by atoms with Crippen LogP contribution < -0.4 is 0 Å². The third kappa shape index (κ3) is 5.86. The molecule has 0 aliphatic carbocycles. The highest BCUT2D eigenvalue weighted by atomic mass is 27.0. The van der Waals surface area contributed by atoms with Gasteiger partial charge in [-0.25, -0.2) is 4.79 Å². The van der Waals surface area contributed by atoms with Crippen molar-refractivity contribution >= 4 is 23.3 Å². The summed E-state index contributed by atoms with van der Waals surface area (Å²) < 4.78 is 21.1. The molecule has 5 heteroatoms. The lowest BCUT2D eigenvalue weighted by atomic mass is 10.7. The van der Waals surface area contributed by atoms with Crippen molar-refractivity contribution < 1.29 is 18.7 Å². The molecule has 3 radical (unpaired) electrons. The summed E-state index contributed by atoms with van der Waals surface area (Å²) >= 11 is 0. The number of carboxylic acid groups (broad SMARTS) is 1. The van der Waals surface area contributed by atoms with E-state index < -0.39 is 12.4 Å². The average molecular weight is 123 g/mol. The average Bonchev–Trinajstić information content (AvgIpc) is 1.36. The lowest BCUT2D eigenvalue weighted by Gasteiger charge is -1.81. The van der Waals surface area contributed by atoms with E-state index in [1.165, 1.54) is 0 Å². The lowest BCUT2D eigenvalue weighted by molar-refractivity contribution is -0.149. The number of carboxylic acids is 1. The van der Waals surface area contributed by atoms with Crippen LogP contribution in [-0.2, 0) is 4.79 Å². The zero-order valence-electron chi connectivity index (χ0n) is 3.27. The van der Waals surface area contributed by atoms with Crippen molar-refractivity contribution in [3.05, 3.63) is 0 Å². The number of hydrogen-bond donors (Lipinski definition) is 1. The Hall–Kier alpha value is -0.138. The van der Waals surface area contributed by atoms with E-state index in [1.54, 1.807) is 0 Å². The quantitative estimate of drug-likeness (QED) is 0.496. The summed E-state index contributed by atoms with van der Waals surface area (Å²) in [5.74, 6) is -2.07. The second-order valence-corrected chi connectivity index (χ2v) is 0.639. The van der Waals surface area contributed by atoms with Crippen LogP contribution >= 0.6 is 0 Å². The number of carbonyl (C=O) groups is 1. The molecule has 0 aliphatic heterocycles. The predicted molar refractivity (Wildman–Crippen MR) is 19.4 cm³/mol. The van der Waals surface area contributed by atoms with Crippen LogP contribution in [0, 0.1) is 0 Å². The number of halogens is 2. The molecule has 0 aromatic carbocycles. The second kappa shape index (κ2) is 4.03. The van der Waals surface area contributed by atoms with Gasteiger partial charge in [0.1, 0.15) is 0 Å². The van der Waals surface area contributed by atoms with Gasteiger partial charge in [0.2, 0.25) is 0 Å². The van der Waals surface area contributed by atoms with Crippen molar-refractivity contribution in [2.45, 2.75) is 6.43 Å². The monoisotopic (exact) mass is 123 g/mol. The van der Waals surface area contributed by atoms with Crippen molar-refractivity contribution in [1.82, 2.24) is 0 Å². The normalized spacial score (nSPS) is 7.86. The fraction of sp³-hybridized carbons (Fsp3) is 0.500. The predicted octanol–water partition coefficient (Wildman–Crippen LogP) is -0.0447. The molecule has 39 valence electrons. The van der Waals surface area contributed by atoms with E-state index in [1.807, 2.05) is 0 Å². The number of rotatable bonds is 1. The summed E-state index contributed by atoms with van der Waals surface area (Å²) in [4.78, 5) is 8.95. The first-order chi connectivity index (χ1) is 2.64. The van der Waals surface area contributed by atoms with Gasteiger partial charge in [-0.05, 0) is 0 Å². The summed E-state index contributed by atoms with van der Waals surface area (Å²) in [6.07, 6.45) is -3.23. The molecule has 0 spiro atoms. The van der Waals surface area contributed by atoms with E-state index in [-0.39, 0.29) is 17.4 Å². The van der Waals surface area contributed by atoms with Gasteiger partial charge >= 0.3 is 12.4 Å². The highest BCUT2D eigenvalue weighted by Gasteiger charge is 2.10. The molecule has 0 saturated heterocycles. The van der Waals surface area contributed by atoms with Gasteiger partial charge in [0.25, 0.3) is 0 Å². The number of hydrogen-bond acceptors (Lipinski definition) is 1. The van der Waals surface area contributed by atoms with Gasteiger partial charge in [-0.15, -0.1) is 0 Å². The third-order valence-electron chi connectivity index (χ3n) is 0.187. The fourth-order valence-corrected chi connectivity index (χ4v) is 0. The van der Waals surface area contributed by atoms with Gasteiger partial charge in [0.15, 0.2) is 0 Å². The molecule has 0 atom stereocenters. The van der Waals surface area contributed by atoms with Crippen molar-refractivity contribution in [1.29, 1.82) is 0 Å². The Labute approximate surface area is 49.3 Å². The van der Waals surface area contributed by atoms with Crippen LogP contribution in [0.5, 0.6) is 0 Å². The maximum atomic E-state index is 10.6. The van der Waals surface area contributed by atoms with Gasteiger partial charge in [-0.3, -0.25) is 0 Å². The molecule has 0 saturated carbocycles. The van der Waals surface area contributed by atoms with E-state index in [0.717, 1.165) is 0 Å². The molecule has 0 aromatic heterocycles. The van der Waals surface area contributed by atoms with Gasteiger partial charge in [-0.2, -0.15) is 8.78 Å². The molecular weight excluding hydrogens is 121 g/mol. The molecule has 7 heavy (non-hydrogen) atoms. The third-order valence-corrected chi connectivity index (χ3v) is 0.187. The molecule has 0 aromatic rings. The van der Waals surface area contributed by atoms with Crippen molar-refractivity contribution in [2.24, 2.45) is 0 Å². The molecule has 0 unspecified atom stereocenters. The van der Waals surface area contributed by atoms with Crippen LogP contribution in [0.1, 0.15) is 0 Å². The molecule has 0 fully saturated rings. The highest BCUT2D eigenvalue weighted by Crippen LogP contribution is 1.87. The molecule has 1 N–H and O–H groups in total. The van der Waals surface area contributed by atoms with Crippen molar-refractivity contribution in [3.63, 3.8) is 0 Å². The van der Waals surface area contributed by atoms with Gasteiger partial charge in [0.05, 0.1) is 0 Å². The summed E-state index contributed by atoms with van der Waals surface area (Å²) in [5.41, 5.74) is 0. The Kier molecular flexibility index (Phi) is 5.75. The first-order valence-corrected chi connectivity index (χ1v) is 1.15. The van der Waals surface area contributed by atoms with Crippen LogP contribution in [0.3, 0.4) is 0 Å². The fourth-order valence-electron chi connectivity index (χ4n) is 0. The van der Waals surface area contributed by atoms with Crippen molar-refractivity contribution in [2.75, 3.05) is 0 Å². The Morgan fingerprint density at radius 3 is 1.71 bits per heavy atom. The number of alkyl halides is 2. The van der Waals surface area contributed by atoms with Crippen LogP contribution in [0.4, 0.5) is 8.78 Å². The zero-order chi connectivity index (χ0) is 5.15. The Balaban J connectivity index is 0. The maximum Gasteiger partial charge on any atom is 0.371 e. The van der Waals surface area contributed by atoms with Gasteiger partial charge in [0, 0.05) is 17.4 Å². The standard InChI is InChI=1S/C2H2F2O2.Al/c3-1(4)2(5)6;/h1H,(H,5,6);. The summed E-state index contributed by atoms with van der Waals surface area (Å²) in [5, 5.41) is 7.24. The van der Waals surface area contributed by atoms with E-state index in [2.05, 4.69) is 0 Å². The van der Waals surface area contributed by atoms with Gasteiger partial charge < -0.3 is 5.11 Å². The van der Waals surface area contributed by atoms with Crippen LogP contribution in [0.15, 0.2) is 0 Å². The molecule has 0 aliphatic rings. The zero-order valence-corrected chi connectivity index (χ0v) is 4.42. The Morgan fingerprint density at radius 2 is 1.71 bits per heavy atom. The summed E-state index contributed by atoms with van der Waals surface area (Å²) in [7, 11) is 0. The van der Waals surface area contributed by atoms with Gasteiger partial charge in [-0.1, -0.05) is 0 Å². The highest BCUT2D eigenvalue weighted by molar-refractivity contribution is 5.75. The summed E-state index contributed by atoms with van der Waals surface area (Å²) in [6, 6.07) is 0. The Morgan fingerprint density at radius 1 is 1.57 bits per heavy atom. The van der Waals surface area contributed by atoms with Crippen LogP contribution in [0.25, 0.3) is 0 Å². The maximum absolute atomic E-state index is 10.6. The molecule has 2 nitrogen and oxygen atoms in total. The van der Waals surface area contributed by atoms with E-state index >= 15 is 0 Å².